The summed E-state index contributed by atoms with van der Waals surface area (Å²) in [5, 5.41) is 0.0606. The second kappa shape index (κ2) is 30.8. The molecule has 0 aromatic carbocycles. The summed E-state index contributed by atoms with van der Waals surface area (Å²) in [6.45, 7) is 4.29. The molecule has 0 aliphatic heterocycles. The molecule has 6 nitrogen and oxygen atoms in total. The number of carbonyl (C=O) groups excluding carboxylic acids is 3. The lowest BCUT2D eigenvalue weighted by Crippen LogP contribution is -2.31. The molecule has 0 heterocycles. The number of halogens is 1. The smallest absolute Gasteiger partial charge is 0.316 e. The van der Waals surface area contributed by atoms with Gasteiger partial charge in [0.15, 0.2) is 6.10 Å². The highest BCUT2D eigenvalue weighted by atomic mass is 79.9. The standard InChI is InChI=1S/C33H61BrO6/c1-3-5-7-9-11-13-15-17-19-21-23-25-31(35)38-28-30(29-39-33(37)27-34)40-32(36)26-24-22-20-18-16-14-12-10-8-6-4-2/h30H,3-29H2,1-2H3/t30-/m0/s1. The molecule has 0 aromatic heterocycles. The van der Waals surface area contributed by atoms with Crippen molar-refractivity contribution < 1.29 is 28.6 Å². The molecule has 0 rings (SSSR count). The number of carbonyl (C=O) groups is 3. The van der Waals surface area contributed by atoms with Gasteiger partial charge in [0.05, 0.1) is 0 Å². The normalized spacial score (nSPS) is 11.8. The zero-order valence-corrected chi connectivity index (χ0v) is 27.6. The Morgan fingerprint density at radius 3 is 1.18 bits per heavy atom. The van der Waals surface area contributed by atoms with Crippen LogP contribution in [0.5, 0.6) is 0 Å². The van der Waals surface area contributed by atoms with Crippen LogP contribution in [0.15, 0.2) is 0 Å². The minimum absolute atomic E-state index is 0.0606. The number of hydrogen-bond acceptors (Lipinski definition) is 6. The van der Waals surface area contributed by atoms with E-state index < -0.39 is 12.1 Å². The first-order valence-corrected chi connectivity index (χ1v) is 17.7. The van der Waals surface area contributed by atoms with Gasteiger partial charge in [-0.3, -0.25) is 14.4 Å². The molecule has 0 radical (unpaired) electrons. The van der Waals surface area contributed by atoms with E-state index in [4.69, 9.17) is 14.2 Å². The summed E-state index contributed by atoms with van der Waals surface area (Å²) in [4.78, 5) is 36.1. The average Bonchev–Trinajstić information content (AvgIpc) is 2.95. The number of rotatable bonds is 30. The molecule has 0 saturated heterocycles. The fourth-order valence-electron chi connectivity index (χ4n) is 4.71. The van der Waals surface area contributed by atoms with Gasteiger partial charge in [-0.1, -0.05) is 158 Å². The molecule has 7 heteroatoms. The van der Waals surface area contributed by atoms with Gasteiger partial charge in [0.1, 0.15) is 18.5 Å². The molecule has 0 N–H and O–H groups in total. The molecule has 0 saturated carbocycles. The number of alkyl halides is 1. The molecular formula is C33H61BrO6. The van der Waals surface area contributed by atoms with E-state index in [0.717, 1.165) is 38.5 Å². The SMILES string of the molecule is CCCCCCCCCCCCCC(=O)OC[C@@H](COC(=O)CBr)OC(=O)CCCCCCCCCCCCC. The zero-order valence-electron chi connectivity index (χ0n) is 26.0. The summed E-state index contributed by atoms with van der Waals surface area (Å²) in [7, 11) is 0. The summed E-state index contributed by atoms with van der Waals surface area (Å²) >= 11 is 3.06. The van der Waals surface area contributed by atoms with Crippen LogP contribution in [0.3, 0.4) is 0 Å². The molecular weight excluding hydrogens is 572 g/mol. The Bertz CT molecular complexity index is 597. The molecule has 0 unspecified atom stereocenters. The number of esters is 3. The van der Waals surface area contributed by atoms with E-state index in [9.17, 15) is 14.4 Å². The van der Waals surface area contributed by atoms with Gasteiger partial charge in [0.2, 0.25) is 0 Å². The first-order chi connectivity index (χ1) is 19.5. The van der Waals surface area contributed by atoms with E-state index in [1.165, 1.54) is 103 Å². The molecule has 0 fully saturated rings. The first kappa shape index (κ1) is 38.9. The topological polar surface area (TPSA) is 78.9 Å². The van der Waals surface area contributed by atoms with Gasteiger partial charge in [-0.05, 0) is 12.8 Å². The fraction of sp³-hybridized carbons (Fsp3) is 0.909. The maximum Gasteiger partial charge on any atom is 0.316 e. The number of hydrogen-bond donors (Lipinski definition) is 0. The van der Waals surface area contributed by atoms with Crippen molar-refractivity contribution in [2.24, 2.45) is 0 Å². The maximum absolute atomic E-state index is 12.3. The van der Waals surface area contributed by atoms with Crippen LogP contribution in [-0.4, -0.2) is 42.6 Å². The molecule has 40 heavy (non-hydrogen) atoms. The predicted molar refractivity (Wildman–Crippen MR) is 168 cm³/mol. The highest BCUT2D eigenvalue weighted by Gasteiger charge is 2.19. The van der Waals surface area contributed by atoms with E-state index in [1.54, 1.807) is 0 Å². The quantitative estimate of drug-likeness (QED) is 0.0339. The predicted octanol–water partition coefficient (Wildman–Crippen LogP) is 9.78. The zero-order chi connectivity index (χ0) is 29.5. The van der Waals surface area contributed by atoms with Gasteiger partial charge in [-0.25, -0.2) is 0 Å². The summed E-state index contributed by atoms with van der Waals surface area (Å²) in [6, 6.07) is 0. The molecule has 0 aromatic rings. The Morgan fingerprint density at radius 1 is 0.475 bits per heavy atom. The van der Waals surface area contributed by atoms with Crippen molar-refractivity contribution in [1.82, 2.24) is 0 Å². The fourth-order valence-corrected chi connectivity index (χ4v) is 4.87. The highest BCUT2D eigenvalue weighted by molar-refractivity contribution is 9.09. The van der Waals surface area contributed by atoms with Gasteiger partial charge in [-0.2, -0.15) is 0 Å². The van der Waals surface area contributed by atoms with Gasteiger partial charge in [-0.15, -0.1) is 0 Å². The molecule has 236 valence electrons. The van der Waals surface area contributed by atoms with Crippen LogP contribution in [-0.2, 0) is 28.6 Å². The highest BCUT2D eigenvalue weighted by Crippen LogP contribution is 2.14. The summed E-state index contributed by atoms with van der Waals surface area (Å²) in [5.41, 5.74) is 0. The Morgan fingerprint density at radius 2 is 0.800 bits per heavy atom. The number of ether oxygens (including phenoxy) is 3. The molecule has 0 bridgehead atoms. The lowest BCUT2D eigenvalue weighted by atomic mass is 10.1. The van der Waals surface area contributed by atoms with E-state index in [-0.39, 0.29) is 30.5 Å². The van der Waals surface area contributed by atoms with Crippen molar-refractivity contribution in [3.63, 3.8) is 0 Å². The Hall–Kier alpha value is -1.11. The average molecular weight is 634 g/mol. The Kier molecular flexibility index (Phi) is 30.0. The van der Waals surface area contributed by atoms with Crippen LogP contribution in [0, 0.1) is 0 Å². The van der Waals surface area contributed by atoms with Crippen LogP contribution in [0.2, 0.25) is 0 Å². The van der Waals surface area contributed by atoms with Crippen molar-refractivity contribution >= 4 is 33.8 Å². The third kappa shape index (κ3) is 28.4. The second-order valence-corrected chi connectivity index (χ2v) is 11.7. The number of unbranched alkanes of at least 4 members (excludes halogenated alkanes) is 20. The Balaban J connectivity index is 3.99. The maximum atomic E-state index is 12.3. The van der Waals surface area contributed by atoms with Crippen molar-refractivity contribution in [3.8, 4) is 0 Å². The van der Waals surface area contributed by atoms with E-state index >= 15 is 0 Å². The second-order valence-electron chi connectivity index (χ2n) is 11.2. The van der Waals surface area contributed by atoms with Crippen LogP contribution >= 0.6 is 15.9 Å². The van der Waals surface area contributed by atoms with Crippen LogP contribution in [0.4, 0.5) is 0 Å². The molecule has 0 amide bonds. The first-order valence-electron chi connectivity index (χ1n) is 16.6. The molecule has 0 spiro atoms. The van der Waals surface area contributed by atoms with Crippen molar-refractivity contribution in [1.29, 1.82) is 0 Å². The van der Waals surface area contributed by atoms with E-state index in [2.05, 4.69) is 29.8 Å². The van der Waals surface area contributed by atoms with Gasteiger partial charge < -0.3 is 14.2 Å². The molecule has 0 aliphatic rings. The third-order valence-electron chi connectivity index (χ3n) is 7.24. The molecule has 0 aliphatic carbocycles. The van der Waals surface area contributed by atoms with Crippen molar-refractivity contribution in [2.75, 3.05) is 18.5 Å². The van der Waals surface area contributed by atoms with Crippen LogP contribution in [0.25, 0.3) is 0 Å². The monoisotopic (exact) mass is 632 g/mol. The van der Waals surface area contributed by atoms with Crippen LogP contribution < -0.4 is 0 Å². The minimum Gasteiger partial charge on any atom is -0.462 e. The summed E-state index contributed by atoms with van der Waals surface area (Å²) in [6.07, 6.45) is 26.7. The van der Waals surface area contributed by atoms with Gasteiger partial charge in [0.25, 0.3) is 0 Å². The summed E-state index contributed by atoms with van der Waals surface area (Å²) < 4.78 is 16.0. The largest absolute Gasteiger partial charge is 0.462 e. The van der Waals surface area contributed by atoms with E-state index in [0.29, 0.717) is 12.8 Å². The van der Waals surface area contributed by atoms with E-state index in [1.807, 2.05) is 0 Å². The minimum atomic E-state index is -0.774. The lowest BCUT2D eigenvalue weighted by Gasteiger charge is -2.18. The summed E-state index contributed by atoms with van der Waals surface area (Å²) in [5.74, 6) is -1.08. The van der Waals surface area contributed by atoms with Crippen molar-refractivity contribution in [3.05, 3.63) is 0 Å². The Labute approximate surface area is 254 Å². The van der Waals surface area contributed by atoms with Gasteiger partial charge in [0, 0.05) is 12.8 Å². The lowest BCUT2D eigenvalue weighted by molar-refractivity contribution is -0.166. The van der Waals surface area contributed by atoms with Crippen LogP contribution in [0.1, 0.15) is 168 Å². The molecule has 1 atom stereocenters. The van der Waals surface area contributed by atoms with Gasteiger partial charge >= 0.3 is 17.9 Å². The van der Waals surface area contributed by atoms with Crippen molar-refractivity contribution in [2.45, 2.75) is 174 Å². The third-order valence-corrected chi connectivity index (χ3v) is 7.69.